The average Bonchev–Trinajstić information content (AvgIpc) is 2.39. The number of nitrogens with zero attached hydrogens (tertiary/aromatic N) is 2. The van der Waals surface area contributed by atoms with Crippen LogP contribution >= 0.6 is 0 Å². The summed E-state index contributed by atoms with van der Waals surface area (Å²) in [6.07, 6.45) is 4.20. The molecular formula is C15H31N3. The van der Waals surface area contributed by atoms with E-state index in [2.05, 4.69) is 29.0 Å². The molecule has 106 valence electrons. The Morgan fingerprint density at radius 2 is 1.67 bits per heavy atom. The van der Waals surface area contributed by atoms with Crippen LogP contribution < -0.4 is 5.32 Å². The number of hydrogen-bond donors (Lipinski definition) is 1. The van der Waals surface area contributed by atoms with Gasteiger partial charge in [0.05, 0.1) is 0 Å². The second kappa shape index (κ2) is 7.46. The van der Waals surface area contributed by atoms with Crippen molar-refractivity contribution in [1.29, 1.82) is 0 Å². The number of piperazine rings is 1. The first-order valence-electron chi connectivity index (χ1n) is 7.89. The number of rotatable bonds is 5. The minimum Gasteiger partial charge on any atom is -0.314 e. The molecule has 2 rings (SSSR count). The summed E-state index contributed by atoms with van der Waals surface area (Å²) in [4.78, 5) is 5.33. The highest BCUT2D eigenvalue weighted by Crippen LogP contribution is 2.19. The highest BCUT2D eigenvalue weighted by molar-refractivity contribution is 4.77. The van der Waals surface area contributed by atoms with Gasteiger partial charge in [0, 0.05) is 32.7 Å². The van der Waals surface area contributed by atoms with Gasteiger partial charge in [0.15, 0.2) is 0 Å². The fourth-order valence-electron chi connectivity index (χ4n) is 3.09. The zero-order valence-electron chi connectivity index (χ0n) is 12.3. The van der Waals surface area contributed by atoms with Gasteiger partial charge in [-0.05, 0) is 50.7 Å². The highest BCUT2D eigenvalue weighted by atomic mass is 15.2. The lowest BCUT2D eigenvalue weighted by Gasteiger charge is -2.36. The van der Waals surface area contributed by atoms with Crippen molar-refractivity contribution in [3.05, 3.63) is 0 Å². The van der Waals surface area contributed by atoms with E-state index >= 15 is 0 Å². The summed E-state index contributed by atoms with van der Waals surface area (Å²) in [7, 11) is 0. The van der Waals surface area contributed by atoms with Crippen LogP contribution in [0.25, 0.3) is 0 Å². The summed E-state index contributed by atoms with van der Waals surface area (Å²) in [5.41, 5.74) is 0. The lowest BCUT2D eigenvalue weighted by atomic mass is 9.95. The molecule has 0 radical (unpaired) electrons. The molecule has 2 fully saturated rings. The molecule has 0 aliphatic carbocycles. The smallest absolute Gasteiger partial charge is 0.0107 e. The van der Waals surface area contributed by atoms with Crippen molar-refractivity contribution in [3.8, 4) is 0 Å². The monoisotopic (exact) mass is 253 g/mol. The summed E-state index contributed by atoms with van der Waals surface area (Å²) in [6, 6.07) is 0. The molecule has 1 N–H and O–H groups in total. The third kappa shape index (κ3) is 4.87. The van der Waals surface area contributed by atoms with E-state index in [0.29, 0.717) is 0 Å². The molecule has 0 amide bonds. The third-order valence-electron chi connectivity index (χ3n) is 4.46. The molecule has 0 aromatic carbocycles. The van der Waals surface area contributed by atoms with Crippen LogP contribution in [0.5, 0.6) is 0 Å². The van der Waals surface area contributed by atoms with Crippen molar-refractivity contribution in [2.75, 3.05) is 52.4 Å². The van der Waals surface area contributed by atoms with Gasteiger partial charge in [0.2, 0.25) is 0 Å². The SMILES string of the molecule is CC(C)CCN1CCC(CN2CCNCC2)CC1. The van der Waals surface area contributed by atoms with Gasteiger partial charge < -0.3 is 15.1 Å². The van der Waals surface area contributed by atoms with E-state index in [1.54, 1.807) is 0 Å². The van der Waals surface area contributed by atoms with Gasteiger partial charge in [-0.1, -0.05) is 13.8 Å². The molecule has 2 heterocycles. The van der Waals surface area contributed by atoms with E-state index in [-0.39, 0.29) is 0 Å². The summed E-state index contributed by atoms with van der Waals surface area (Å²) in [6.45, 7) is 14.9. The Kier molecular flexibility index (Phi) is 5.93. The maximum atomic E-state index is 3.44. The predicted molar refractivity (Wildman–Crippen MR) is 77.9 cm³/mol. The maximum absolute atomic E-state index is 3.44. The summed E-state index contributed by atoms with van der Waals surface area (Å²) in [5, 5.41) is 3.44. The van der Waals surface area contributed by atoms with Crippen molar-refractivity contribution in [2.45, 2.75) is 33.1 Å². The minimum absolute atomic E-state index is 0.851. The largest absolute Gasteiger partial charge is 0.314 e. The van der Waals surface area contributed by atoms with Crippen LogP contribution in [-0.4, -0.2) is 62.2 Å². The first-order valence-corrected chi connectivity index (χ1v) is 7.89. The second-order valence-corrected chi connectivity index (χ2v) is 6.52. The van der Waals surface area contributed by atoms with Gasteiger partial charge in [0.1, 0.15) is 0 Å². The Morgan fingerprint density at radius 1 is 1.00 bits per heavy atom. The third-order valence-corrected chi connectivity index (χ3v) is 4.46. The van der Waals surface area contributed by atoms with Gasteiger partial charge in [-0.3, -0.25) is 0 Å². The van der Waals surface area contributed by atoms with Crippen molar-refractivity contribution in [3.63, 3.8) is 0 Å². The van der Waals surface area contributed by atoms with Crippen molar-refractivity contribution in [2.24, 2.45) is 11.8 Å². The zero-order chi connectivity index (χ0) is 12.8. The van der Waals surface area contributed by atoms with Crippen molar-refractivity contribution >= 4 is 0 Å². The van der Waals surface area contributed by atoms with Gasteiger partial charge in [-0.2, -0.15) is 0 Å². The van der Waals surface area contributed by atoms with E-state index in [9.17, 15) is 0 Å². The molecule has 0 unspecified atom stereocenters. The topological polar surface area (TPSA) is 18.5 Å². The molecule has 3 nitrogen and oxygen atoms in total. The van der Waals surface area contributed by atoms with Crippen LogP contribution in [0.3, 0.4) is 0 Å². The molecule has 3 heteroatoms. The average molecular weight is 253 g/mol. The second-order valence-electron chi connectivity index (χ2n) is 6.52. The Morgan fingerprint density at radius 3 is 2.28 bits per heavy atom. The Balaban J connectivity index is 1.60. The fourth-order valence-corrected chi connectivity index (χ4v) is 3.09. The van der Waals surface area contributed by atoms with Gasteiger partial charge in [-0.15, -0.1) is 0 Å². The van der Waals surface area contributed by atoms with Crippen molar-refractivity contribution in [1.82, 2.24) is 15.1 Å². The first kappa shape index (κ1) is 14.3. The normalized spacial score (nSPS) is 24.8. The quantitative estimate of drug-likeness (QED) is 0.804. The Hall–Kier alpha value is -0.120. The Bertz CT molecular complexity index is 216. The number of likely N-dealkylation sites (tertiary alicyclic amines) is 1. The lowest BCUT2D eigenvalue weighted by Crippen LogP contribution is -2.47. The number of piperidine rings is 1. The lowest BCUT2D eigenvalue weighted by molar-refractivity contribution is 0.132. The molecule has 0 saturated carbocycles. The standard InChI is InChI=1S/C15H31N3/c1-14(2)3-8-17-9-4-15(5-10-17)13-18-11-6-16-7-12-18/h14-16H,3-13H2,1-2H3. The molecule has 0 bridgehead atoms. The fraction of sp³-hybridized carbons (Fsp3) is 1.00. The van der Waals surface area contributed by atoms with Gasteiger partial charge >= 0.3 is 0 Å². The molecule has 2 aliphatic heterocycles. The summed E-state index contributed by atoms with van der Waals surface area (Å²) < 4.78 is 0. The van der Waals surface area contributed by atoms with Crippen LogP contribution in [0.1, 0.15) is 33.1 Å². The van der Waals surface area contributed by atoms with Crippen LogP contribution in [0.2, 0.25) is 0 Å². The van der Waals surface area contributed by atoms with Crippen LogP contribution in [0.15, 0.2) is 0 Å². The molecule has 0 spiro atoms. The predicted octanol–water partition coefficient (Wildman–Crippen LogP) is 1.65. The highest BCUT2D eigenvalue weighted by Gasteiger charge is 2.21. The molecule has 2 saturated heterocycles. The van der Waals surface area contributed by atoms with E-state index < -0.39 is 0 Å². The minimum atomic E-state index is 0.851. The van der Waals surface area contributed by atoms with Crippen LogP contribution in [-0.2, 0) is 0 Å². The molecule has 18 heavy (non-hydrogen) atoms. The van der Waals surface area contributed by atoms with Crippen molar-refractivity contribution < 1.29 is 0 Å². The Labute approximate surface area is 113 Å². The summed E-state index contributed by atoms with van der Waals surface area (Å²) >= 11 is 0. The van der Waals surface area contributed by atoms with Crippen LogP contribution in [0.4, 0.5) is 0 Å². The molecule has 0 aromatic heterocycles. The van der Waals surface area contributed by atoms with E-state index in [1.807, 2.05) is 0 Å². The van der Waals surface area contributed by atoms with E-state index in [0.717, 1.165) is 11.8 Å². The summed E-state index contributed by atoms with van der Waals surface area (Å²) in [5.74, 6) is 1.81. The zero-order valence-corrected chi connectivity index (χ0v) is 12.3. The molecule has 0 atom stereocenters. The van der Waals surface area contributed by atoms with Crippen LogP contribution in [0, 0.1) is 11.8 Å². The molecule has 0 aromatic rings. The van der Waals surface area contributed by atoms with E-state index in [1.165, 1.54) is 71.6 Å². The first-order chi connectivity index (χ1) is 8.74. The molecular weight excluding hydrogens is 222 g/mol. The number of hydrogen-bond acceptors (Lipinski definition) is 3. The number of nitrogens with one attached hydrogen (secondary N) is 1. The van der Waals surface area contributed by atoms with Gasteiger partial charge in [-0.25, -0.2) is 0 Å². The van der Waals surface area contributed by atoms with E-state index in [4.69, 9.17) is 0 Å². The van der Waals surface area contributed by atoms with Gasteiger partial charge in [0.25, 0.3) is 0 Å². The maximum Gasteiger partial charge on any atom is 0.0107 e. The molecule has 2 aliphatic rings.